The number of carbonyl (C=O) groups excluding carboxylic acids is 1. The van der Waals surface area contributed by atoms with E-state index in [0.717, 1.165) is 0 Å². The molecular weight excluding hydrogens is 526 g/mol. The Hall–Kier alpha value is -3.68. The largest absolute Gasteiger partial charge is 0.341 e. The molecule has 9 nitrogen and oxygen atoms in total. The lowest BCUT2D eigenvalue weighted by Gasteiger charge is -2.18. The summed E-state index contributed by atoms with van der Waals surface area (Å²) in [5, 5.41) is -1.01. The lowest BCUT2D eigenvalue weighted by molar-refractivity contribution is -0.118. The van der Waals surface area contributed by atoms with Crippen LogP contribution >= 0.6 is 0 Å². The molecule has 13 heteroatoms. The van der Waals surface area contributed by atoms with Gasteiger partial charge in [0.1, 0.15) is 22.7 Å². The second-order valence-corrected chi connectivity index (χ2v) is 12.2. The fraction of sp³-hybridized carbons (Fsp3) is 0.167. The van der Waals surface area contributed by atoms with Crippen molar-refractivity contribution < 1.29 is 30.4 Å². The van der Waals surface area contributed by atoms with Gasteiger partial charge in [-0.05, 0) is 41.8 Å². The van der Waals surface area contributed by atoms with Crippen LogP contribution in [-0.4, -0.2) is 32.7 Å². The number of benzene rings is 3. The van der Waals surface area contributed by atoms with Gasteiger partial charge in [-0.2, -0.15) is 0 Å². The first-order valence-corrected chi connectivity index (χ1v) is 14.1. The van der Waals surface area contributed by atoms with Crippen molar-refractivity contribution in [1.29, 1.82) is 0 Å². The van der Waals surface area contributed by atoms with Gasteiger partial charge in [0.25, 0.3) is 0 Å². The molecule has 37 heavy (non-hydrogen) atoms. The predicted octanol–water partition coefficient (Wildman–Crippen LogP) is 2.99. The van der Waals surface area contributed by atoms with Crippen molar-refractivity contribution in [2.24, 2.45) is 0 Å². The molecule has 0 spiro atoms. The molecule has 1 amide bonds. The quantitative estimate of drug-likeness (QED) is 0.326. The first kappa shape index (κ1) is 25.0. The molecule has 192 valence electrons. The Morgan fingerprint density at radius 3 is 2.32 bits per heavy atom. The zero-order valence-electron chi connectivity index (χ0n) is 19.0. The second-order valence-electron chi connectivity index (χ2n) is 8.63. The molecule has 3 N–H and O–H groups in total. The lowest BCUT2D eigenvalue weighted by Crippen LogP contribution is -2.31. The van der Waals surface area contributed by atoms with E-state index in [4.69, 9.17) is 0 Å². The van der Waals surface area contributed by atoms with E-state index >= 15 is 0 Å². The Balaban J connectivity index is 1.47. The minimum absolute atomic E-state index is 0.0751. The summed E-state index contributed by atoms with van der Waals surface area (Å²) < 4.78 is 82.4. The fourth-order valence-electron chi connectivity index (χ4n) is 4.22. The number of carbonyl (C=O) groups is 1. The van der Waals surface area contributed by atoms with E-state index in [2.05, 4.69) is 14.7 Å². The van der Waals surface area contributed by atoms with Gasteiger partial charge in [0.2, 0.25) is 26.0 Å². The van der Waals surface area contributed by atoms with Gasteiger partial charge in [-0.25, -0.2) is 35.3 Å². The van der Waals surface area contributed by atoms with E-state index in [1.165, 1.54) is 0 Å². The minimum atomic E-state index is -4.37. The second kappa shape index (κ2) is 9.32. The van der Waals surface area contributed by atoms with Crippen molar-refractivity contribution in [2.75, 3.05) is 0 Å². The van der Waals surface area contributed by atoms with Crippen LogP contribution < -0.4 is 9.44 Å². The molecule has 1 saturated heterocycles. The Kier molecular flexibility index (Phi) is 6.30. The maximum Gasteiger partial charge on any atom is 0.242 e. The number of H-pyrrole nitrogens is 1. The molecule has 1 unspecified atom stereocenters. The van der Waals surface area contributed by atoms with Gasteiger partial charge in [-0.1, -0.05) is 36.4 Å². The smallest absolute Gasteiger partial charge is 0.242 e. The van der Waals surface area contributed by atoms with Gasteiger partial charge < -0.3 is 4.98 Å². The first-order chi connectivity index (χ1) is 17.5. The molecular formula is C24H20F2N4O5S2. The Morgan fingerprint density at radius 2 is 1.70 bits per heavy atom. The number of aromatic nitrogens is 2. The summed E-state index contributed by atoms with van der Waals surface area (Å²) in [5.74, 6) is -2.38. The number of hydrogen-bond acceptors (Lipinski definition) is 6. The number of rotatable bonds is 7. The number of hydrogen-bond donors (Lipinski definition) is 3. The number of nitrogens with one attached hydrogen (secondary N) is 3. The standard InChI is InChI=1S/C24H20F2N4O5S2/c25-16-10-17(26)12-18(11-16)36(32,33)29-21(24-27-19-3-1-2-4-20(19)28-24)9-14-5-7-15(8-6-14)22-13-23(31)30-37(22,34)35/h1-8,10-12,21-22,29H,9,13H2,(H,27,28)(H,30,31)/t21-,22?/m0/s1. The number of aromatic amines is 1. The topological polar surface area (TPSA) is 138 Å². The molecule has 2 heterocycles. The van der Waals surface area contributed by atoms with Crippen LogP contribution in [0, 0.1) is 11.6 Å². The van der Waals surface area contributed by atoms with Crippen LogP contribution in [0.1, 0.15) is 34.7 Å². The number of nitrogens with zero attached hydrogens (tertiary/aromatic N) is 1. The van der Waals surface area contributed by atoms with Crippen molar-refractivity contribution in [3.8, 4) is 0 Å². The highest BCUT2D eigenvalue weighted by molar-refractivity contribution is 7.90. The van der Waals surface area contributed by atoms with E-state index in [0.29, 0.717) is 40.4 Å². The Labute approximate surface area is 211 Å². The average Bonchev–Trinajstić information content (AvgIpc) is 3.38. The SMILES string of the molecule is O=C1CC(c2ccc(C[C@H](NS(=O)(=O)c3cc(F)cc(F)c3)c3nc4ccccc4[nH]3)cc2)S(=O)(=O)N1. The van der Waals surface area contributed by atoms with E-state index in [-0.39, 0.29) is 18.7 Å². The van der Waals surface area contributed by atoms with Gasteiger partial charge in [-0.3, -0.25) is 9.52 Å². The normalized spacial score (nSPS) is 18.1. The third kappa shape index (κ3) is 5.24. The highest BCUT2D eigenvalue weighted by Crippen LogP contribution is 2.31. The lowest BCUT2D eigenvalue weighted by atomic mass is 10.0. The molecule has 0 radical (unpaired) electrons. The number of amides is 1. The van der Waals surface area contributed by atoms with Gasteiger partial charge >= 0.3 is 0 Å². The van der Waals surface area contributed by atoms with E-state index in [1.54, 1.807) is 48.5 Å². The summed E-state index contributed by atoms with van der Waals surface area (Å²) in [6.45, 7) is 0. The number of fused-ring (bicyclic) bond motifs is 1. The van der Waals surface area contributed by atoms with Crippen LogP contribution in [0.25, 0.3) is 11.0 Å². The summed E-state index contributed by atoms with van der Waals surface area (Å²) in [4.78, 5) is 18.5. The molecule has 5 rings (SSSR count). The van der Waals surface area contributed by atoms with Crippen molar-refractivity contribution in [3.63, 3.8) is 0 Å². The van der Waals surface area contributed by atoms with Crippen molar-refractivity contribution in [2.45, 2.75) is 29.0 Å². The van der Waals surface area contributed by atoms with Crippen molar-refractivity contribution >= 4 is 37.0 Å². The minimum Gasteiger partial charge on any atom is -0.341 e. The average molecular weight is 547 g/mol. The van der Waals surface area contributed by atoms with Crippen LogP contribution in [0.2, 0.25) is 0 Å². The van der Waals surface area contributed by atoms with Gasteiger partial charge in [0, 0.05) is 6.07 Å². The third-order valence-electron chi connectivity index (χ3n) is 5.97. The van der Waals surface area contributed by atoms with Crippen LogP contribution in [0.15, 0.2) is 71.6 Å². The van der Waals surface area contributed by atoms with Crippen LogP contribution in [0.4, 0.5) is 8.78 Å². The maximum absolute atomic E-state index is 13.7. The molecule has 4 aromatic rings. The van der Waals surface area contributed by atoms with E-state index in [1.807, 2.05) is 4.72 Å². The number of halogens is 2. The zero-order chi connectivity index (χ0) is 26.4. The zero-order valence-corrected chi connectivity index (χ0v) is 20.6. The predicted molar refractivity (Wildman–Crippen MR) is 130 cm³/mol. The van der Waals surface area contributed by atoms with E-state index < -0.39 is 53.8 Å². The molecule has 1 aromatic heterocycles. The molecule has 1 aliphatic heterocycles. The molecule has 2 atom stereocenters. The summed E-state index contributed by atoms with van der Waals surface area (Å²) in [6, 6.07) is 14.5. The monoisotopic (exact) mass is 546 g/mol. The number of imidazole rings is 1. The molecule has 0 saturated carbocycles. The highest BCUT2D eigenvalue weighted by atomic mass is 32.2. The highest BCUT2D eigenvalue weighted by Gasteiger charge is 2.37. The molecule has 1 fully saturated rings. The first-order valence-electron chi connectivity index (χ1n) is 11.1. The summed E-state index contributed by atoms with van der Waals surface area (Å²) in [7, 11) is -8.18. The maximum atomic E-state index is 13.7. The Bertz CT molecular complexity index is 1670. The Morgan fingerprint density at radius 1 is 1.03 bits per heavy atom. The van der Waals surface area contributed by atoms with Crippen LogP contribution in [0.5, 0.6) is 0 Å². The fourth-order valence-corrected chi connectivity index (χ4v) is 6.89. The van der Waals surface area contributed by atoms with Gasteiger partial charge in [0.05, 0.1) is 28.4 Å². The molecule has 3 aromatic carbocycles. The van der Waals surface area contributed by atoms with Crippen LogP contribution in [0.3, 0.4) is 0 Å². The summed E-state index contributed by atoms with van der Waals surface area (Å²) >= 11 is 0. The van der Waals surface area contributed by atoms with Crippen molar-refractivity contribution in [3.05, 3.63) is 95.3 Å². The molecule has 0 bridgehead atoms. The summed E-state index contributed by atoms with van der Waals surface area (Å²) in [6.07, 6.45) is -0.112. The third-order valence-corrected chi connectivity index (χ3v) is 9.13. The molecule has 0 aliphatic carbocycles. The van der Waals surface area contributed by atoms with Gasteiger partial charge in [0.15, 0.2) is 0 Å². The number of para-hydroxylation sites is 2. The van der Waals surface area contributed by atoms with E-state index in [9.17, 15) is 30.4 Å². The summed E-state index contributed by atoms with van der Waals surface area (Å²) in [5.41, 5.74) is 2.30. The number of sulfonamides is 2. The van der Waals surface area contributed by atoms with Crippen molar-refractivity contribution in [1.82, 2.24) is 19.4 Å². The molecule has 1 aliphatic rings. The van der Waals surface area contributed by atoms with Gasteiger partial charge in [-0.15, -0.1) is 0 Å². The van der Waals surface area contributed by atoms with Crippen LogP contribution in [-0.2, 0) is 31.3 Å².